The van der Waals surface area contributed by atoms with Crippen molar-refractivity contribution in [2.45, 2.75) is 40.8 Å². The molecule has 2 aromatic rings. The summed E-state index contributed by atoms with van der Waals surface area (Å²) >= 11 is 0. The Morgan fingerprint density at radius 3 is 2.47 bits per heavy atom. The van der Waals surface area contributed by atoms with Crippen molar-refractivity contribution in [3.05, 3.63) is 58.2 Å². The summed E-state index contributed by atoms with van der Waals surface area (Å²) in [7, 11) is 3.04. The van der Waals surface area contributed by atoms with Crippen LogP contribution in [-0.4, -0.2) is 42.1 Å². The van der Waals surface area contributed by atoms with Crippen LogP contribution in [0.2, 0.25) is 0 Å². The summed E-state index contributed by atoms with van der Waals surface area (Å²) in [6.45, 7) is 8.75. The molecule has 1 aromatic heterocycles. The van der Waals surface area contributed by atoms with Crippen LogP contribution in [0, 0.1) is 19.7 Å². The number of amides is 1. The monoisotopic (exact) mass is 416 g/mol. The zero-order valence-electron chi connectivity index (χ0n) is 18.4. The van der Waals surface area contributed by atoms with Crippen LogP contribution in [0.3, 0.4) is 0 Å². The largest absolute Gasteiger partial charge is 0.494 e. The molecule has 0 bridgehead atoms. The molecule has 0 aliphatic carbocycles. The number of nitrogens with zero attached hydrogens (tertiary/aromatic N) is 2. The van der Waals surface area contributed by atoms with E-state index in [1.54, 1.807) is 26.1 Å². The zero-order chi connectivity index (χ0) is 22.4. The molecule has 0 saturated carbocycles. The van der Waals surface area contributed by atoms with Gasteiger partial charge in [0.15, 0.2) is 11.6 Å². The van der Waals surface area contributed by atoms with Gasteiger partial charge in [0.2, 0.25) is 5.91 Å². The molecule has 30 heavy (non-hydrogen) atoms. The molecule has 2 rings (SSSR count). The summed E-state index contributed by atoms with van der Waals surface area (Å²) in [4.78, 5) is 26.5. The van der Waals surface area contributed by atoms with E-state index in [-0.39, 0.29) is 24.8 Å². The lowest BCUT2D eigenvalue weighted by Crippen LogP contribution is -2.24. The third kappa shape index (κ3) is 4.90. The van der Waals surface area contributed by atoms with Crippen LogP contribution >= 0.6 is 0 Å². The molecule has 0 fully saturated rings. The normalized spacial score (nSPS) is 11.0. The first kappa shape index (κ1) is 23.2. The maximum atomic E-state index is 13.9. The van der Waals surface area contributed by atoms with Gasteiger partial charge in [0, 0.05) is 43.2 Å². The number of carbonyl (C=O) groups is 2. The van der Waals surface area contributed by atoms with Crippen molar-refractivity contribution in [2.24, 2.45) is 0 Å². The molecule has 1 amide bonds. The summed E-state index contributed by atoms with van der Waals surface area (Å²) < 4.78 is 26.0. The summed E-state index contributed by atoms with van der Waals surface area (Å²) in [5.41, 5.74) is 3.49. The van der Waals surface area contributed by atoms with Gasteiger partial charge in [-0.2, -0.15) is 0 Å². The van der Waals surface area contributed by atoms with Crippen LogP contribution in [0.5, 0.6) is 5.75 Å². The van der Waals surface area contributed by atoms with Gasteiger partial charge in [-0.15, -0.1) is 0 Å². The van der Waals surface area contributed by atoms with Gasteiger partial charge in [-0.05, 0) is 51.5 Å². The quantitative estimate of drug-likeness (QED) is 0.480. The fourth-order valence-corrected chi connectivity index (χ4v) is 3.49. The molecule has 0 spiro atoms. The maximum Gasteiger partial charge on any atom is 0.340 e. The molecule has 162 valence electrons. The number of ether oxygens (including phenoxy) is 2. The molecule has 0 radical (unpaired) electrons. The highest BCUT2D eigenvalue weighted by Gasteiger charge is 2.22. The van der Waals surface area contributed by atoms with Gasteiger partial charge >= 0.3 is 5.97 Å². The molecule has 7 heteroatoms. The van der Waals surface area contributed by atoms with Gasteiger partial charge in [-0.3, -0.25) is 4.79 Å². The summed E-state index contributed by atoms with van der Waals surface area (Å²) in [5, 5.41) is 0. The maximum absolute atomic E-state index is 13.9. The average molecular weight is 416 g/mol. The smallest absolute Gasteiger partial charge is 0.340 e. The lowest BCUT2D eigenvalue weighted by molar-refractivity contribution is -0.125. The molecule has 0 aliphatic heterocycles. The first-order chi connectivity index (χ1) is 14.2. The van der Waals surface area contributed by atoms with E-state index in [1.807, 2.05) is 25.3 Å². The molecule has 1 aromatic carbocycles. The highest BCUT2D eigenvalue weighted by atomic mass is 19.1. The number of methoxy groups -OCH3 is 1. The molecule has 6 nitrogen and oxygen atoms in total. The second kappa shape index (κ2) is 10.1. The van der Waals surface area contributed by atoms with Gasteiger partial charge in [0.1, 0.15) is 0 Å². The number of carbonyl (C=O) groups excluding carboxylic acids is 2. The van der Waals surface area contributed by atoms with E-state index in [0.717, 1.165) is 11.4 Å². The fraction of sp³-hybridized carbons (Fsp3) is 0.391. The Morgan fingerprint density at radius 2 is 1.90 bits per heavy atom. The van der Waals surface area contributed by atoms with Crippen LogP contribution in [0.4, 0.5) is 4.39 Å². The van der Waals surface area contributed by atoms with Crippen molar-refractivity contribution in [2.75, 3.05) is 20.8 Å². The van der Waals surface area contributed by atoms with Crippen LogP contribution < -0.4 is 4.74 Å². The second-order valence-corrected chi connectivity index (χ2v) is 6.92. The predicted octanol–water partition coefficient (Wildman–Crippen LogP) is 4.12. The number of aromatic nitrogens is 1. The van der Waals surface area contributed by atoms with E-state index in [2.05, 4.69) is 0 Å². The molecule has 0 unspecified atom stereocenters. The Labute approximate surface area is 176 Å². The molecular formula is C23H29FN2O4. The standard InChI is InChI=1S/C23H29FN2O4/c1-7-26-15(3)18(22(16(26)4)23(28)30-8-2)10-12-21(27)25(5)14-17-9-11-20(29-6)19(24)13-17/h9-13H,7-8,14H2,1-6H3/b12-10+. The van der Waals surface area contributed by atoms with E-state index in [0.29, 0.717) is 23.2 Å². The summed E-state index contributed by atoms with van der Waals surface area (Å²) in [5.74, 6) is -0.982. The van der Waals surface area contributed by atoms with E-state index >= 15 is 0 Å². The van der Waals surface area contributed by atoms with Gasteiger partial charge < -0.3 is 18.9 Å². The van der Waals surface area contributed by atoms with Gasteiger partial charge in [-0.25, -0.2) is 9.18 Å². The molecular weight excluding hydrogens is 387 g/mol. The minimum atomic E-state index is -0.475. The van der Waals surface area contributed by atoms with Crippen molar-refractivity contribution in [3.63, 3.8) is 0 Å². The number of rotatable bonds is 8. The van der Waals surface area contributed by atoms with Gasteiger partial charge in [-0.1, -0.05) is 6.07 Å². The Bertz CT molecular complexity index is 963. The number of hydrogen-bond donors (Lipinski definition) is 0. The minimum Gasteiger partial charge on any atom is -0.494 e. The first-order valence-corrected chi connectivity index (χ1v) is 9.87. The molecule has 0 N–H and O–H groups in total. The third-order valence-corrected chi connectivity index (χ3v) is 5.03. The van der Waals surface area contributed by atoms with Crippen molar-refractivity contribution in [1.29, 1.82) is 0 Å². The molecule has 0 saturated heterocycles. The van der Waals surface area contributed by atoms with E-state index in [9.17, 15) is 14.0 Å². The lowest BCUT2D eigenvalue weighted by Gasteiger charge is -2.15. The van der Waals surface area contributed by atoms with E-state index < -0.39 is 11.8 Å². The lowest BCUT2D eigenvalue weighted by atomic mass is 10.1. The van der Waals surface area contributed by atoms with Crippen molar-refractivity contribution in [1.82, 2.24) is 9.47 Å². The Kier molecular flexibility index (Phi) is 7.80. The van der Waals surface area contributed by atoms with Crippen molar-refractivity contribution < 1.29 is 23.5 Å². The molecule has 0 aliphatic rings. The number of halogens is 1. The Hall–Kier alpha value is -3.09. The number of hydrogen-bond acceptors (Lipinski definition) is 4. The highest BCUT2D eigenvalue weighted by molar-refractivity contribution is 5.98. The van der Waals surface area contributed by atoms with Gasteiger partial charge in [0.25, 0.3) is 0 Å². The Morgan fingerprint density at radius 1 is 1.20 bits per heavy atom. The Balaban J connectivity index is 2.24. The van der Waals surface area contributed by atoms with Crippen molar-refractivity contribution >= 4 is 18.0 Å². The van der Waals surface area contributed by atoms with Crippen LogP contribution in [0.25, 0.3) is 6.08 Å². The SMILES string of the molecule is CCOC(=O)c1c(/C=C/C(=O)N(C)Cc2ccc(OC)c(F)c2)c(C)n(CC)c1C. The number of esters is 1. The average Bonchev–Trinajstić information content (AvgIpc) is 2.95. The minimum absolute atomic E-state index is 0.158. The van der Waals surface area contributed by atoms with Crippen LogP contribution in [0.1, 0.15) is 46.7 Å². The van der Waals surface area contributed by atoms with Crippen LogP contribution in [0.15, 0.2) is 24.3 Å². The summed E-state index contributed by atoms with van der Waals surface area (Å²) in [6, 6.07) is 4.59. The topological polar surface area (TPSA) is 60.8 Å². The van der Waals surface area contributed by atoms with E-state index in [4.69, 9.17) is 9.47 Å². The molecule has 1 heterocycles. The van der Waals surface area contributed by atoms with Crippen molar-refractivity contribution in [3.8, 4) is 5.75 Å². The summed E-state index contributed by atoms with van der Waals surface area (Å²) in [6.07, 6.45) is 3.07. The predicted molar refractivity (Wildman–Crippen MR) is 114 cm³/mol. The first-order valence-electron chi connectivity index (χ1n) is 9.87. The molecule has 0 atom stereocenters. The number of likely N-dealkylation sites (N-methyl/N-ethyl adjacent to an activating group) is 1. The zero-order valence-corrected chi connectivity index (χ0v) is 18.4. The third-order valence-electron chi connectivity index (χ3n) is 5.03. The van der Waals surface area contributed by atoms with Gasteiger partial charge in [0.05, 0.1) is 19.3 Å². The van der Waals surface area contributed by atoms with Crippen LogP contribution in [-0.2, 0) is 22.6 Å². The van der Waals surface area contributed by atoms with E-state index in [1.165, 1.54) is 30.2 Å². The highest BCUT2D eigenvalue weighted by Crippen LogP contribution is 2.25. The second-order valence-electron chi connectivity index (χ2n) is 6.92. The fourth-order valence-electron chi connectivity index (χ4n) is 3.49. The number of benzene rings is 1.